The van der Waals surface area contributed by atoms with Gasteiger partial charge in [-0.05, 0) is 17.7 Å². The van der Waals surface area contributed by atoms with Crippen LogP contribution in [0.4, 0.5) is 15.3 Å². The molecule has 1 fully saturated rings. The van der Waals surface area contributed by atoms with Gasteiger partial charge in [0.05, 0.1) is 11.6 Å². The molecule has 1 saturated heterocycles. The Hall–Kier alpha value is -4.62. The van der Waals surface area contributed by atoms with E-state index >= 15 is 0 Å². The lowest BCUT2D eigenvalue weighted by molar-refractivity contribution is -0.276. The third-order valence-corrected chi connectivity index (χ3v) is 5.16. The summed E-state index contributed by atoms with van der Waals surface area (Å²) < 4.78 is 30.2. The van der Waals surface area contributed by atoms with Gasteiger partial charge < -0.3 is 55.5 Å². The predicted molar refractivity (Wildman–Crippen MR) is 133 cm³/mol. The standard InChI is InChI=1S/C20H21B3N4O14/c21-19(34)36-4-8-1-2-10(9(3-8)26-20(35)23-27-16(31)15(24)22-25)40-18-14(39-7-30)12(38-6-29)11(37-5-28)13(41-18)17(32)33/h1-3,5-7,11-15,18H,4,24-25H2,(H,26,35)(H,27,31)(H,32,33)/t11-,12-,13-,14+,15?,18+/m0/s1. The van der Waals surface area contributed by atoms with Crippen molar-refractivity contribution in [1.82, 2.24) is 5.23 Å². The monoisotopic (exact) mass is 574 g/mol. The summed E-state index contributed by atoms with van der Waals surface area (Å²) in [6.07, 6.45) is -8.98. The fourth-order valence-corrected chi connectivity index (χ4v) is 3.38. The van der Waals surface area contributed by atoms with E-state index in [9.17, 15) is 38.7 Å². The minimum atomic E-state index is -1.98. The van der Waals surface area contributed by atoms with Gasteiger partial charge in [-0.15, -0.1) is 0 Å². The fraction of sp³-hybridized carbons (Fsp3) is 0.350. The van der Waals surface area contributed by atoms with Crippen molar-refractivity contribution in [2.75, 3.05) is 5.32 Å². The summed E-state index contributed by atoms with van der Waals surface area (Å²) in [4.78, 5) is 80.4. The van der Waals surface area contributed by atoms with Crippen molar-refractivity contribution in [1.29, 1.82) is 0 Å². The highest BCUT2D eigenvalue weighted by atomic mass is 16.7. The first-order chi connectivity index (χ1) is 19.6. The molecule has 214 valence electrons. The van der Waals surface area contributed by atoms with Crippen molar-refractivity contribution in [2.24, 2.45) is 11.4 Å². The highest BCUT2D eigenvalue weighted by Gasteiger charge is 2.54. The molecule has 1 heterocycles. The van der Waals surface area contributed by atoms with Crippen LogP contribution in [-0.2, 0) is 54.3 Å². The van der Waals surface area contributed by atoms with Crippen LogP contribution in [-0.4, -0.2) is 107 Å². The second-order valence-corrected chi connectivity index (χ2v) is 7.77. The number of ether oxygens (including phenoxy) is 6. The molecule has 6 atom stereocenters. The van der Waals surface area contributed by atoms with Crippen molar-refractivity contribution in [2.45, 2.75) is 43.3 Å². The van der Waals surface area contributed by atoms with E-state index in [1.54, 1.807) is 0 Å². The van der Waals surface area contributed by atoms with Crippen LogP contribution >= 0.6 is 0 Å². The highest BCUT2D eigenvalue weighted by Crippen LogP contribution is 2.33. The molecule has 0 aliphatic carbocycles. The van der Waals surface area contributed by atoms with Crippen LogP contribution in [0, 0.1) is 0 Å². The number of amides is 2. The van der Waals surface area contributed by atoms with E-state index in [1.807, 2.05) is 0 Å². The molecule has 0 saturated carbocycles. The van der Waals surface area contributed by atoms with E-state index in [0.29, 0.717) is 7.41 Å². The Morgan fingerprint density at radius 1 is 1.07 bits per heavy atom. The summed E-state index contributed by atoms with van der Waals surface area (Å²) in [5, 5.41) is 14.1. The Kier molecular flexibility index (Phi) is 12.6. The third kappa shape index (κ3) is 9.22. The average molecular weight is 574 g/mol. The molecule has 18 nitrogen and oxygen atoms in total. The molecule has 1 aromatic rings. The lowest BCUT2D eigenvalue weighted by atomic mass is 9.82. The van der Waals surface area contributed by atoms with Crippen LogP contribution in [0.15, 0.2) is 18.2 Å². The second kappa shape index (κ2) is 15.8. The summed E-state index contributed by atoms with van der Waals surface area (Å²) in [6, 6.07) is 3.81. The molecular weight excluding hydrogens is 553 g/mol. The molecule has 21 heteroatoms. The first-order valence-electron chi connectivity index (χ1n) is 11.2. The molecule has 1 aliphatic heterocycles. The van der Waals surface area contributed by atoms with Gasteiger partial charge >= 0.3 is 13.4 Å². The summed E-state index contributed by atoms with van der Waals surface area (Å²) in [6.45, 7) is -0.666. The maximum Gasteiger partial charge on any atom is 0.364 e. The smallest absolute Gasteiger partial charge is 0.364 e. The normalized spacial score (nSPS) is 22.0. The number of hydrogen-bond acceptors (Lipinski definition) is 15. The van der Waals surface area contributed by atoms with Gasteiger partial charge in [0.15, 0.2) is 24.1 Å². The molecule has 0 bridgehead atoms. The zero-order chi connectivity index (χ0) is 30.5. The number of rotatable bonds is 16. The van der Waals surface area contributed by atoms with Gasteiger partial charge in [0.1, 0.15) is 12.4 Å². The molecular formula is C20H21B3N4O14. The zero-order valence-electron chi connectivity index (χ0n) is 20.8. The van der Waals surface area contributed by atoms with Gasteiger partial charge in [0, 0.05) is 0 Å². The quantitative estimate of drug-likeness (QED) is 0.0726. The largest absolute Gasteiger partial charge is 0.479 e. The highest BCUT2D eigenvalue weighted by molar-refractivity contribution is 6.75. The molecule has 0 spiro atoms. The summed E-state index contributed by atoms with van der Waals surface area (Å²) in [7, 11) is 6.55. The number of carboxylic acids is 1. The van der Waals surface area contributed by atoms with E-state index in [4.69, 9.17) is 47.6 Å². The molecule has 4 radical (unpaired) electrons. The average Bonchev–Trinajstić information content (AvgIpc) is 2.93. The molecule has 1 unspecified atom stereocenters. The number of aliphatic carboxylic acids is 1. The summed E-state index contributed by atoms with van der Waals surface area (Å²) >= 11 is 0. The lowest BCUT2D eigenvalue weighted by Gasteiger charge is -2.41. The number of anilines is 1. The number of hydrogen-bond donors (Lipinski definition) is 5. The van der Waals surface area contributed by atoms with Crippen molar-refractivity contribution in [3.8, 4) is 5.75 Å². The Bertz CT molecular complexity index is 1140. The number of nitrogens with one attached hydrogen (secondary N) is 2. The first kappa shape index (κ1) is 32.6. The van der Waals surface area contributed by atoms with Crippen LogP contribution in [0.2, 0.25) is 0 Å². The Balaban J connectivity index is 2.42. The molecule has 7 N–H and O–H groups in total. The van der Waals surface area contributed by atoms with Crippen molar-refractivity contribution >= 4 is 71.3 Å². The SMILES string of the molecule is [B]C(=O)OCc1ccc(O[C@@H]2O[C@H](C(=O)O)[C@@H](OC=O)[C@H](OC=O)[C@H]2OC=O)c(NC(=O)[B]NC(=O)C(N)[B]N)c1. The minimum Gasteiger partial charge on any atom is -0.479 e. The molecule has 1 aliphatic rings. The number of nitrogens with two attached hydrogens (primary N) is 2. The molecule has 41 heavy (non-hydrogen) atoms. The van der Waals surface area contributed by atoms with Gasteiger partial charge in [-0.3, -0.25) is 28.8 Å². The molecule has 2 rings (SSSR count). The Morgan fingerprint density at radius 2 is 1.71 bits per heavy atom. The summed E-state index contributed by atoms with van der Waals surface area (Å²) in [5.41, 5.74) is 10.7. The number of carbonyl (C=O) groups excluding carboxylic acids is 6. The number of carbonyl (C=O) groups is 7. The van der Waals surface area contributed by atoms with Crippen LogP contribution in [0.25, 0.3) is 0 Å². The molecule has 1 aromatic carbocycles. The van der Waals surface area contributed by atoms with Gasteiger partial charge in [-0.2, -0.15) is 0 Å². The minimum absolute atomic E-state index is 0.0846. The third-order valence-electron chi connectivity index (χ3n) is 5.16. The van der Waals surface area contributed by atoms with Gasteiger partial charge in [-0.1, -0.05) is 6.07 Å². The maximum atomic E-state index is 12.5. The van der Waals surface area contributed by atoms with E-state index in [1.165, 1.54) is 18.2 Å². The van der Waals surface area contributed by atoms with Gasteiger partial charge in [-0.25, -0.2) is 4.79 Å². The predicted octanol–water partition coefficient (Wildman–Crippen LogP) is -3.57. The molecule has 2 amide bonds. The van der Waals surface area contributed by atoms with Crippen LogP contribution < -0.4 is 26.7 Å². The zero-order valence-corrected chi connectivity index (χ0v) is 20.8. The number of benzene rings is 1. The number of carboxylic acid groups (broad SMARTS) is 1. The fourth-order valence-electron chi connectivity index (χ4n) is 3.38. The van der Waals surface area contributed by atoms with Crippen LogP contribution in [0.3, 0.4) is 0 Å². The van der Waals surface area contributed by atoms with E-state index in [2.05, 4.69) is 10.5 Å². The Morgan fingerprint density at radius 3 is 2.29 bits per heavy atom. The van der Waals surface area contributed by atoms with Crippen LogP contribution in [0.5, 0.6) is 5.75 Å². The maximum absolute atomic E-state index is 12.5. The second-order valence-electron chi connectivity index (χ2n) is 7.77. The van der Waals surface area contributed by atoms with E-state index < -0.39 is 60.2 Å². The first-order valence-corrected chi connectivity index (χ1v) is 11.2. The van der Waals surface area contributed by atoms with Gasteiger partial charge in [0.25, 0.3) is 19.4 Å². The van der Waals surface area contributed by atoms with Crippen LogP contribution in [0.1, 0.15) is 5.56 Å². The van der Waals surface area contributed by atoms with Crippen molar-refractivity contribution in [3.63, 3.8) is 0 Å². The molecule has 0 aromatic heterocycles. The van der Waals surface area contributed by atoms with E-state index in [-0.39, 0.29) is 43.0 Å². The summed E-state index contributed by atoms with van der Waals surface area (Å²) in [5.74, 6) is -5.99. The van der Waals surface area contributed by atoms with Crippen molar-refractivity contribution < 1.29 is 67.1 Å². The topological polar surface area (TPSA) is 271 Å². The van der Waals surface area contributed by atoms with E-state index in [0.717, 1.165) is 7.41 Å². The van der Waals surface area contributed by atoms with Crippen molar-refractivity contribution in [3.05, 3.63) is 23.8 Å². The Labute approximate surface area is 233 Å². The van der Waals surface area contributed by atoms with Gasteiger partial charge in [0.2, 0.25) is 39.4 Å². The lowest BCUT2D eigenvalue weighted by Crippen LogP contribution is -2.63.